The van der Waals surface area contributed by atoms with Crippen LogP contribution in [0.15, 0.2) is 116 Å². The molecule has 296 valence electrons. The van der Waals surface area contributed by atoms with Crippen LogP contribution in [0, 0.1) is 24.0 Å². The molecule has 0 fully saturated rings. The molecule has 58 heavy (non-hydrogen) atoms. The molecule has 0 unspecified atom stereocenters. The van der Waals surface area contributed by atoms with Gasteiger partial charge in [-0.05, 0) is 106 Å². The van der Waals surface area contributed by atoms with Gasteiger partial charge in [-0.15, -0.1) is 0 Å². The first-order valence-corrected chi connectivity index (χ1v) is 19.2. The van der Waals surface area contributed by atoms with E-state index in [0.29, 0.717) is 48.1 Å². The van der Waals surface area contributed by atoms with Gasteiger partial charge in [-0.1, -0.05) is 24.3 Å². The number of nitrogens with one attached hydrogen (secondary N) is 2. The maximum atomic E-state index is 13.3. The summed E-state index contributed by atoms with van der Waals surface area (Å²) in [5, 5.41) is 18.0. The summed E-state index contributed by atoms with van der Waals surface area (Å²) in [5.74, 6) is -0.457. The number of para-hydroxylation sites is 2. The molecule has 14 nitrogen and oxygen atoms in total. The van der Waals surface area contributed by atoms with Gasteiger partial charge in [-0.2, -0.15) is 0 Å². The van der Waals surface area contributed by atoms with Gasteiger partial charge < -0.3 is 35.0 Å². The molecule has 0 saturated carbocycles. The Hall–Kier alpha value is -6.52. The molecule has 0 radical (unpaired) electrons. The topological polar surface area (TPSA) is 190 Å². The summed E-state index contributed by atoms with van der Waals surface area (Å²) < 4.78 is 16.5. The number of pyridine rings is 2. The van der Waals surface area contributed by atoms with Crippen LogP contribution in [-0.4, -0.2) is 25.9 Å². The van der Waals surface area contributed by atoms with Crippen molar-refractivity contribution in [2.45, 2.75) is 26.7 Å². The molecule has 6 rings (SSSR count). The maximum Gasteiger partial charge on any atom is 0.335 e. The Morgan fingerprint density at radius 1 is 0.707 bits per heavy atom. The van der Waals surface area contributed by atoms with Crippen LogP contribution in [0.5, 0.6) is 23.0 Å². The number of carbonyl (C=O) groups is 2. The number of rotatable bonds is 12. The van der Waals surface area contributed by atoms with E-state index in [-0.39, 0.29) is 58.3 Å². The van der Waals surface area contributed by atoms with Crippen molar-refractivity contribution in [2.24, 2.45) is 14.1 Å². The van der Waals surface area contributed by atoms with Crippen molar-refractivity contribution in [3.8, 4) is 45.3 Å². The molecule has 0 aliphatic carbocycles. The van der Waals surface area contributed by atoms with Crippen molar-refractivity contribution < 1.29 is 24.0 Å². The van der Waals surface area contributed by atoms with Crippen LogP contribution in [0.25, 0.3) is 22.3 Å². The fraction of sp³-hybridized carbons (Fsp3) is 0.143. The number of hydrogen-bond acceptors (Lipinski definition) is 9. The molecule has 16 heteroatoms. The Morgan fingerprint density at radius 3 is 1.60 bits per heavy atom. The lowest BCUT2D eigenvalue weighted by atomic mass is 10.0. The van der Waals surface area contributed by atoms with Crippen LogP contribution in [0.3, 0.4) is 0 Å². The lowest BCUT2D eigenvalue weighted by Crippen LogP contribution is -2.19. The molecule has 0 spiro atoms. The second-order valence-electron chi connectivity index (χ2n) is 13.3. The minimum Gasteiger partial charge on any atom is -0.453 e. The largest absolute Gasteiger partial charge is 0.453 e. The molecular formula is C42H36Br2N6O8. The fourth-order valence-electron chi connectivity index (χ4n) is 6.21. The highest BCUT2D eigenvalue weighted by atomic mass is 79.9. The number of halogens is 2. The third-order valence-electron chi connectivity index (χ3n) is 9.08. The smallest absolute Gasteiger partial charge is 0.335 e. The number of nitrogens with two attached hydrogens (primary N) is 1. The van der Waals surface area contributed by atoms with E-state index in [0.717, 1.165) is 0 Å². The number of aryl methyl sites for hydroxylation is 4. The number of anilines is 3. The highest BCUT2D eigenvalue weighted by molar-refractivity contribution is 9.10. The minimum atomic E-state index is -0.679. The van der Waals surface area contributed by atoms with Gasteiger partial charge in [0.15, 0.2) is 5.75 Å². The van der Waals surface area contributed by atoms with Gasteiger partial charge in [-0.25, -0.2) is 0 Å². The number of ether oxygens (including phenoxy) is 2. The normalized spacial score (nSPS) is 10.9. The van der Waals surface area contributed by atoms with E-state index >= 15 is 0 Å². The molecule has 2 heterocycles. The van der Waals surface area contributed by atoms with E-state index in [1.54, 1.807) is 113 Å². The summed E-state index contributed by atoms with van der Waals surface area (Å²) in [6.07, 6.45) is 2.55. The van der Waals surface area contributed by atoms with Crippen molar-refractivity contribution >= 4 is 66.4 Å². The molecular weight excluding hydrogens is 876 g/mol. The molecule has 0 bridgehead atoms. The van der Waals surface area contributed by atoms with Crippen molar-refractivity contribution in [3.63, 3.8) is 0 Å². The molecule has 0 aliphatic rings. The van der Waals surface area contributed by atoms with Crippen molar-refractivity contribution in [2.75, 3.05) is 16.4 Å². The second-order valence-corrected chi connectivity index (χ2v) is 15.0. The van der Waals surface area contributed by atoms with E-state index in [1.807, 2.05) is 6.07 Å². The van der Waals surface area contributed by atoms with E-state index in [9.17, 15) is 29.3 Å². The number of nitro benzene ring substituents is 1. The number of hydrogen-bond donors (Lipinski definition) is 3. The SMILES string of the molecule is Cc1cc(-c2ccc(NC(=O)CCC(=O)Nc3ccc(-c4cc(C)c(=O)n(C)c4)c(Oc4ccccc4Br)c3[N+](=O)[O-])c(N)c2Oc2ccccc2Br)cn(C)c1=O. The zero-order chi connectivity index (χ0) is 41.8. The summed E-state index contributed by atoms with van der Waals surface area (Å²) in [6.45, 7) is 3.34. The monoisotopic (exact) mass is 910 g/mol. The zero-order valence-electron chi connectivity index (χ0n) is 31.6. The average Bonchev–Trinajstić information content (AvgIpc) is 3.18. The summed E-state index contributed by atoms with van der Waals surface area (Å²) in [6, 6.07) is 23.5. The quantitative estimate of drug-likeness (QED) is 0.0611. The summed E-state index contributed by atoms with van der Waals surface area (Å²) in [5.41, 5.74) is 8.78. The Bertz CT molecular complexity index is 2690. The third kappa shape index (κ3) is 8.87. The van der Waals surface area contributed by atoms with Gasteiger partial charge in [0.2, 0.25) is 17.6 Å². The first-order valence-electron chi connectivity index (χ1n) is 17.7. The van der Waals surface area contributed by atoms with Gasteiger partial charge in [-0.3, -0.25) is 29.3 Å². The van der Waals surface area contributed by atoms with E-state index in [4.69, 9.17) is 15.2 Å². The predicted octanol–water partition coefficient (Wildman–Crippen LogP) is 8.99. The number of nitrogen functional groups attached to an aromatic ring is 1. The number of aromatic nitrogens is 2. The molecule has 4 aromatic carbocycles. The van der Waals surface area contributed by atoms with Gasteiger partial charge in [0.1, 0.15) is 17.2 Å². The lowest BCUT2D eigenvalue weighted by molar-refractivity contribution is -0.384. The molecule has 0 atom stereocenters. The minimum absolute atomic E-state index is 0.0968. The Balaban J connectivity index is 1.26. The van der Waals surface area contributed by atoms with Crippen LogP contribution in [0.4, 0.5) is 22.7 Å². The van der Waals surface area contributed by atoms with Crippen molar-refractivity contribution in [1.82, 2.24) is 9.13 Å². The van der Waals surface area contributed by atoms with E-state index in [1.165, 1.54) is 15.2 Å². The van der Waals surface area contributed by atoms with Gasteiger partial charge in [0, 0.05) is 72.7 Å². The fourth-order valence-corrected chi connectivity index (χ4v) is 6.94. The number of amides is 2. The average molecular weight is 913 g/mol. The summed E-state index contributed by atoms with van der Waals surface area (Å²) >= 11 is 6.90. The third-order valence-corrected chi connectivity index (χ3v) is 10.4. The summed E-state index contributed by atoms with van der Waals surface area (Å²) in [7, 11) is 3.21. The lowest BCUT2D eigenvalue weighted by Gasteiger charge is -2.19. The van der Waals surface area contributed by atoms with Crippen molar-refractivity contribution in [1.29, 1.82) is 0 Å². The molecule has 2 aromatic heterocycles. The highest BCUT2D eigenvalue weighted by Gasteiger charge is 2.29. The number of carbonyl (C=O) groups excluding carboxylic acids is 2. The highest BCUT2D eigenvalue weighted by Crippen LogP contribution is 2.47. The number of benzene rings is 4. The number of nitro groups is 1. The van der Waals surface area contributed by atoms with Crippen LogP contribution < -0.4 is 37.0 Å². The van der Waals surface area contributed by atoms with Gasteiger partial charge in [0.05, 0.1) is 25.2 Å². The first kappa shape index (κ1) is 41.1. The Kier molecular flexibility index (Phi) is 12.3. The van der Waals surface area contributed by atoms with E-state index in [2.05, 4.69) is 42.5 Å². The van der Waals surface area contributed by atoms with E-state index < -0.39 is 22.4 Å². The first-order chi connectivity index (χ1) is 27.6. The predicted molar refractivity (Wildman–Crippen MR) is 230 cm³/mol. The van der Waals surface area contributed by atoms with Crippen LogP contribution in [0.2, 0.25) is 0 Å². The van der Waals surface area contributed by atoms with Crippen LogP contribution in [0.1, 0.15) is 24.0 Å². The standard InChI is InChI=1S/C42H36Br2N6O8/c1-23-19-25(21-48(3)41(23)53)27-13-15-31(37(45)39(27)57-33-11-7-5-9-29(33)43)46-35(51)17-18-36(52)47-32-16-14-28(26-20-24(2)42(54)49(4)22-26)40(38(32)50(55)56)58-34-12-8-6-10-30(34)44/h5-16,19-22H,17-18,45H2,1-4H3,(H,46,51)(H,47,52). The molecule has 2 amide bonds. The summed E-state index contributed by atoms with van der Waals surface area (Å²) in [4.78, 5) is 63.5. The number of nitrogens with zero attached hydrogens (tertiary/aromatic N) is 3. The molecule has 0 saturated heterocycles. The molecule has 4 N–H and O–H groups in total. The Labute approximate surface area is 348 Å². The van der Waals surface area contributed by atoms with Gasteiger partial charge >= 0.3 is 5.69 Å². The van der Waals surface area contributed by atoms with Crippen LogP contribution in [-0.2, 0) is 23.7 Å². The molecule has 0 aliphatic heterocycles. The Morgan fingerprint density at radius 2 is 1.14 bits per heavy atom. The van der Waals surface area contributed by atoms with Crippen LogP contribution >= 0.6 is 31.9 Å². The maximum absolute atomic E-state index is 13.3. The molecule has 6 aromatic rings. The van der Waals surface area contributed by atoms with Gasteiger partial charge in [0.25, 0.3) is 11.1 Å². The zero-order valence-corrected chi connectivity index (χ0v) is 34.8. The van der Waals surface area contributed by atoms with Crippen molar-refractivity contribution in [3.05, 3.63) is 148 Å². The second kappa shape index (κ2) is 17.3.